The average molecular weight is 252 g/mol. The summed E-state index contributed by atoms with van der Waals surface area (Å²) in [6, 6.07) is 0.907. The molecule has 0 N–H and O–H groups in total. The summed E-state index contributed by atoms with van der Waals surface area (Å²) in [5.41, 5.74) is 0. The summed E-state index contributed by atoms with van der Waals surface area (Å²) < 4.78 is 0. The van der Waals surface area contributed by atoms with Crippen LogP contribution in [0, 0.1) is 0 Å². The summed E-state index contributed by atoms with van der Waals surface area (Å²) in [6.07, 6.45) is 2.58. The Morgan fingerprint density at radius 3 is 2.44 bits per heavy atom. The number of carbonyl (C=O) groups is 1. The lowest BCUT2D eigenvalue weighted by Crippen LogP contribution is -2.58. The SMILES string of the molecule is CN1CCN(C(=O)N2CCN3CCCC3C2)CC1. The van der Waals surface area contributed by atoms with E-state index in [2.05, 4.69) is 21.7 Å². The maximum absolute atomic E-state index is 12.5. The highest BCUT2D eigenvalue weighted by molar-refractivity contribution is 5.74. The van der Waals surface area contributed by atoms with Gasteiger partial charge in [0.15, 0.2) is 0 Å². The number of piperazine rings is 2. The van der Waals surface area contributed by atoms with Crippen molar-refractivity contribution in [2.24, 2.45) is 0 Å². The van der Waals surface area contributed by atoms with E-state index in [0.717, 1.165) is 45.8 Å². The lowest BCUT2D eigenvalue weighted by molar-refractivity contribution is 0.0828. The van der Waals surface area contributed by atoms with Crippen molar-refractivity contribution in [2.75, 3.05) is 59.4 Å². The largest absolute Gasteiger partial charge is 0.322 e. The minimum absolute atomic E-state index is 0.273. The van der Waals surface area contributed by atoms with E-state index in [1.54, 1.807) is 0 Å². The summed E-state index contributed by atoms with van der Waals surface area (Å²) in [6.45, 7) is 7.98. The number of likely N-dealkylation sites (N-methyl/N-ethyl adjacent to an activating group) is 1. The van der Waals surface area contributed by atoms with Gasteiger partial charge in [0.2, 0.25) is 0 Å². The van der Waals surface area contributed by atoms with Crippen LogP contribution >= 0.6 is 0 Å². The maximum atomic E-state index is 12.5. The molecule has 5 heteroatoms. The topological polar surface area (TPSA) is 30.0 Å². The Bertz CT molecular complexity index is 314. The van der Waals surface area contributed by atoms with E-state index < -0.39 is 0 Å². The van der Waals surface area contributed by atoms with Crippen molar-refractivity contribution in [1.82, 2.24) is 19.6 Å². The minimum Gasteiger partial charge on any atom is -0.322 e. The van der Waals surface area contributed by atoms with Crippen molar-refractivity contribution in [3.05, 3.63) is 0 Å². The first-order chi connectivity index (χ1) is 8.74. The number of urea groups is 1. The first-order valence-electron chi connectivity index (χ1n) is 7.20. The molecule has 3 saturated heterocycles. The van der Waals surface area contributed by atoms with Crippen LogP contribution in [-0.4, -0.2) is 91.1 Å². The Kier molecular flexibility index (Phi) is 3.43. The number of hydrogen-bond donors (Lipinski definition) is 0. The minimum atomic E-state index is 0.273. The van der Waals surface area contributed by atoms with Gasteiger partial charge in [0, 0.05) is 51.9 Å². The highest BCUT2D eigenvalue weighted by atomic mass is 16.2. The molecule has 1 unspecified atom stereocenters. The molecule has 3 heterocycles. The zero-order chi connectivity index (χ0) is 12.5. The summed E-state index contributed by atoms with van der Waals surface area (Å²) in [5, 5.41) is 0. The van der Waals surface area contributed by atoms with Gasteiger partial charge in [-0.3, -0.25) is 4.90 Å². The van der Waals surface area contributed by atoms with Crippen LogP contribution in [0.5, 0.6) is 0 Å². The molecule has 102 valence electrons. The van der Waals surface area contributed by atoms with E-state index in [4.69, 9.17) is 0 Å². The monoisotopic (exact) mass is 252 g/mol. The maximum Gasteiger partial charge on any atom is 0.320 e. The molecule has 3 aliphatic rings. The predicted octanol–water partition coefficient (Wildman–Crippen LogP) is 0.134. The van der Waals surface area contributed by atoms with Gasteiger partial charge in [-0.2, -0.15) is 0 Å². The number of nitrogens with zero attached hydrogens (tertiary/aromatic N) is 4. The molecule has 0 radical (unpaired) electrons. The van der Waals surface area contributed by atoms with Crippen molar-refractivity contribution in [3.8, 4) is 0 Å². The van der Waals surface area contributed by atoms with E-state index in [9.17, 15) is 4.79 Å². The van der Waals surface area contributed by atoms with E-state index in [-0.39, 0.29) is 6.03 Å². The third kappa shape index (κ3) is 2.34. The Balaban J connectivity index is 1.56. The van der Waals surface area contributed by atoms with E-state index in [1.807, 2.05) is 4.90 Å². The van der Waals surface area contributed by atoms with Crippen molar-refractivity contribution < 1.29 is 4.79 Å². The van der Waals surface area contributed by atoms with Gasteiger partial charge in [0.1, 0.15) is 0 Å². The number of carbonyl (C=O) groups excluding carboxylic acids is 1. The number of rotatable bonds is 0. The molecule has 0 aliphatic carbocycles. The highest BCUT2D eigenvalue weighted by Crippen LogP contribution is 2.22. The fraction of sp³-hybridized carbons (Fsp3) is 0.923. The fourth-order valence-electron chi connectivity index (χ4n) is 3.36. The highest BCUT2D eigenvalue weighted by Gasteiger charge is 2.34. The second-order valence-electron chi connectivity index (χ2n) is 5.85. The lowest BCUT2D eigenvalue weighted by atomic mass is 10.1. The van der Waals surface area contributed by atoms with Crippen LogP contribution in [0.3, 0.4) is 0 Å². The summed E-state index contributed by atoms with van der Waals surface area (Å²) >= 11 is 0. The molecule has 0 bridgehead atoms. The Morgan fingerprint density at radius 1 is 0.944 bits per heavy atom. The van der Waals surface area contributed by atoms with E-state index in [1.165, 1.54) is 19.4 Å². The molecule has 0 aromatic rings. The summed E-state index contributed by atoms with van der Waals surface area (Å²) in [5.74, 6) is 0. The molecule has 2 amide bonds. The molecule has 0 aromatic carbocycles. The van der Waals surface area contributed by atoms with Gasteiger partial charge in [0.05, 0.1) is 0 Å². The standard InChI is InChI=1S/C13H24N4O/c1-14-5-7-16(8-6-14)13(18)17-10-9-15-4-2-3-12(15)11-17/h12H,2-11H2,1H3. The zero-order valence-electron chi connectivity index (χ0n) is 11.3. The van der Waals surface area contributed by atoms with Crippen molar-refractivity contribution in [3.63, 3.8) is 0 Å². The smallest absolute Gasteiger partial charge is 0.320 e. The van der Waals surface area contributed by atoms with Crippen molar-refractivity contribution in [1.29, 1.82) is 0 Å². The van der Waals surface area contributed by atoms with Crippen LogP contribution < -0.4 is 0 Å². The molecular formula is C13H24N4O. The molecule has 18 heavy (non-hydrogen) atoms. The van der Waals surface area contributed by atoms with Crippen molar-refractivity contribution >= 4 is 6.03 Å². The van der Waals surface area contributed by atoms with Crippen LogP contribution in [0.15, 0.2) is 0 Å². The average Bonchev–Trinajstić information content (AvgIpc) is 2.86. The second kappa shape index (κ2) is 5.05. The first kappa shape index (κ1) is 12.2. The number of amides is 2. The quantitative estimate of drug-likeness (QED) is 0.614. The van der Waals surface area contributed by atoms with E-state index >= 15 is 0 Å². The molecule has 0 saturated carbocycles. The molecule has 3 rings (SSSR count). The van der Waals surface area contributed by atoms with Crippen molar-refractivity contribution in [2.45, 2.75) is 18.9 Å². The molecule has 0 aromatic heterocycles. The van der Waals surface area contributed by atoms with Crippen LogP contribution in [0.4, 0.5) is 4.79 Å². The van der Waals surface area contributed by atoms with Crippen LogP contribution in [0.1, 0.15) is 12.8 Å². The molecule has 0 spiro atoms. The third-order valence-corrected chi connectivity index (χ3v) is 4.63. The van der Waals surface area contributed by atoms with Gasteiger partial charge in [-0.25, -0.2) is 4.79 Å². The third-order valence-electron chi connectivity index (χ3n) is 4.63. The second-order valence-corrected chi connectivity index (χ2v) is 5.85. The Labute approximate surface area is 109 Å². The molecule has 3 fully saturated rings. The van der Waals surface area contributed by atoms with Gasteiger partial charge >= 0.3 is 6.03 Å². The number of hydrogen-bond acceptors (Lipinski definition) is 3. The van der Waals surface area contributed by atoms with E-state index in [0.29, 0.717) is 6.04 Å². The lowest BCUT2D eigenvalue weighted by Gasteiger charge is -2.41. The normalized spacial score (nSPS) is 30.6. The Morgan fingerprint density at radius 2 is 1.67 bits per heavy atom. The van der Waals surface area contributed by atoms with Gasteiger partial charge in [-0.05, 0) is 26.4 Å². The first-order valence-corrected chi connectivity index (χ1v) is 7.20. The van der Waals surface area contributed by atoms with Crippen LogP contribution in [-0.2, 0) is 0 Å². The van der Waals surface area contributed by atoms with Gasteiger partial charge < -0.3 is 14.7 Å². The van der Waals surface area contributed by atoms with Crippen LogP contribution in [0.25, 0.3) is 0 Å². The summed E-state index contributed by atoms with van der Waals surface area (Å²) in [7, 11) is 2.12. The van der Waals surface area contributed by atoms with Gasteiger partial charge in [-0.15, -0.1) is 0 Å². The molecule has 3 aliphatic heterocycles. The summed E-state index contributed by atoms with van der Waals surface area (Å²) in [4.78, 5) is 21.4. The molecule has 1 atom stereocenters. The zero-order valence-corrected chi connectivity index (χ0v) is 11.3. The van der Waals surface area contributed by atoms with Gasteiger partial charge in [0.25, 0.3) is 0 Å². The Hall–Kier alpha value is -0.810. The predicted molar refractivity (Wildman–Crippen MR) is 70.6 cm³/mol. The van der Waals surface area contributed by atoms with Crippen LogP contribution in [0.2, 0.25) is 0 Å². The molecule has 5 nitrogen and oxygen atoms in total. The molecular weight excluding hydrogens is 228 g/mol. The number of fused-ring (bicyclic) bond motifs is 1. The van der Waals surface area contributed by atoms with Gasteiger partial charge in [-0.1, -0.05) is 0 Å². The fourth-order valence-corrected chi connectivity index (χ4v) is 3.36.